The number of epoxide rings is 1. The molecular formula is C10H16O4. The molecule has 80 valence electrons. The Morgan fingerprint density at radius 3 is 2.64 bits per heavy atom. The topological polar surface area (TPSA) is 48.1 Å². The van der Waals surface area contributed by atoms with Crippen molar-refractivity contribution in [1.82, 2.24) is 0 Å². The second-order valence-corrected chi connectivity index (χ2v) is 4.05. The quantitative estimate of drug-likeness (QED) is 0.498. The van der Waals surface area contributed by atoms with Crippen LogP contribution in [-0.4, -0.2) is 39.0 Å². The highest BCUT2D eigenvalue weighted by Gasteiger charge is 2.49. The third-order valence-electron chi connectivity index (χ3n) is 3.23. The number of ether oxygens (including phenoxy) is 3. The zero-order valence-electron chi connectivity index (χ0n) is 8.45. The fourth-order valence-electron chi connectivity index (χ4n) is 2.15. The van der Waals surface area contributed by atoms with Gasteiger partial charge in [0.25, 0.3) is 0 Å². The van der Waals surface area contributed by atoms with Crippen molar-refractivity contribution in [2.75, 3.05) is 26.9 Å². The van der Waals surface area contributed by atoms with Crippen molar-refractivity contribution in [3.05, 3.63) is 0 Å². The molecule has 0 saturated carbocycles. The van der Waals surface area contributed by atoms with E-state index in [0.717, 1.165) is 32.7 Å². The number of hydrogen-bond donors (Lipinski definition) is 0. The number of hydrogen-bond acceptors (Lipinski definition) is 4. The number of rotatable bonds is 3. The Labute approximate surface area is 83.5 Å². The first kappa shape index (κ1) is 9.93. The lowest BCUT2D eigenvalue weighted by atomic mass is 9.74. The summed E-state index contributed by atoms with van der Waals surface area (Å²) in [4.78, 5) is 11.3. The molecule has 0 aromatic heterocycles. The lowest BCUT2D eigenvalue weighted by Gasteiger charge is -2.34. The van der Waals surface area contributed by atoms with Crippen LogP contribution in [0, 0.1) is 5.41 Å². The minimum atomic E-state index is -0.137. The molecular weight excluding hydrogens is 184 g/mol. The van der Waals surface area contributed by atoms with Gasteiger partial charge in [-0.3, -0.25) is 4.79 Å². The van der Waals surface area contributed by atoms with Crippen LogP contribution in [-0.2, 0) is 19.0 Å². The Bertz CT molecular complexity index is 216. The summed E-state index contributed by atoms with van der Waals surface area (Å²) in [5.74, 6) is -0.137. The van der Waals surface area contributed by atoms with Crippen molar-refractivity contribution in [2.24, 2.45) is 5.41 Å². The molecule has 0 amide bonds. The van der Waals surface area contributed by atoms with E-state index in [4.69, 9.17) is 14.2 Å². The largest absolute Gasteiger partial charge is 0.469 e. The van der Waals surface area contributed by atoms with Crippen LogP contribution in [0.5, 0.6) is 0 Å². The highest BCUT2D eigenvalue weighted by Crippen LogP contribution is 2.44. The zero-order valence-corrected chi connectivity index (χ0v) is 8.45. The molecule has 2 fully saturated rings. The normalized spacial score (nSPS) is 29.6. The summed E-state index contributed by atoms with van der Waals surface area (Å²) in [6.45, 7) is 2.25. The lowest BCUT2D eigenvalue weighted by Crippen LogP contribution is -2.37. The summed E-state index contributed by atoms with van der Waals surface area (Å²) >= 11 is 0. The summed E-state index contributed by atoms with van der Waals surface area (Å²) in [6.07, 6.45) is 2.54. The van der Waals surface area contributed by atoms with Crippen LogP contribution < -0.4 is 0 Å². The van der Waals surface area contributed by atoms with Gasteiger partial charge in [0.05, 0.1) is 26.2 Å². The maximum absolute atomic E-state index is 11.3. The SMILES string of the molecule is COC(=O)CC1(C2CO2)CCOCC1. The molecule has 1 atom stereocenters. The van der Waals surface area contributed by atoms with Gasteiger partial charge in [0.15, 0.2) is 0 Å². The molecule has 0 bridgehead atoms. The Kier molecular flexibility index (Phi) is 2.74. The van der Waals surface area contributed by atoms with Crippen molar-refractivity contribution in [3.8, 4) is 0 Å². The van der Waals surface area contributed by atoms with Gasteiger partial charge in [-0.15, -0.1) is 0 Å². The minimum Gasteiger partial charge on any atom is -0.469 e. The molecule has 0 aromatic carbocycles. The molecule has 0 radical (unpaired) electrons. The summed E-state index contributed by atoms with van der Waals surface area (Å²) in [5, 5.41) is 0. The molecule has 0 N–H and O–H groups in total. The molecule has 14 heavy (non-hydrogen) atoms. The monoisotopic (exact) mass is 200 g/mol. The first-order valence-corrected chi connectivity index (χ1v) is 5.03. The second-order valence-electron chi connectivity index (χ2n) is 4.05. The van der Waals surface area contributed by atoms with Gasteiger partial charge >= 0.3 is 5.97 Å². The van der Waals surface area contributed by atoms with E-state index in [0.29, 0.717) is 6.42 Å². The number of methoxy groups -OCH3 is 1. The fraction of sp³-hybridized carbons (Fsp3) is 0.900. The van der Waals surface area contributed by atoms with Crippen molar-refractivity contribution in [1.29, 1.82) is 0 Å². The molecule has 0 spiro atoms. The van der Waals surface area contributed by atoms with E-state index in [9.17, 15) is 4.79 Å². The van der Waals surface area contributed by atoms with Gasteiger partial charge in [0.2, 0.25) is 0 Å². The zero-order chi connectivity index (χ0) is 10.0. The molecule has 2 aliphatic rings. The third kappa shape index (κ3) is 1.91. The highest BCUT2D eigenvalue weighted by atomic mass is 16.6. The van der Waals surface area contributed by atoms with Crippen molar-refractivity contribution in [3.63, 3.8) is 0 Å². The number of esters is 1. The average Bonchev–Trinajstić information content (AvgIpc) is 3.02. The first-order valence-electron chi connectivity index (χ1n) is 5.03. The van der Waals surface area contributed by atoms with Gasteiger partial charge in [0.1, 0.15) is 0 Å². The van der Waals surface area contributed by atoms with Crippen molar-refractivity contribution < 1.29 is 19.0 Å². The van der Waals surface area contributed by atoms with Gasteiger partial charge in [-0.2, -0.15) is 0 Å². The lowest BCUT2D eigenvalue weighted by molar-refractivity contribution is -0.145. The van der Waals surface area contributed by atoms with Crippen LogP contribution in [0.2, 0.25) is 0 Å². The van der Waals surface area contributed by atoms with E-state index >= 15 is 0 Å². The van der Waals surface area contributed by atoms with Crippen LogP contribution in [0.3, 0.4) is 0 Å². The van der Waals surface area contributed by atoms with E-state index in [-0.39, 0.29) is 17.5 Å². The van der Waals surface area contributed by atoms with E-state index in [2.05, 4.69) is 0 Å². The fourth-order valence-corrected chi connectivity index (χ4v) is 2.15. The van der Waals surface area contributed by atoms with Crippen LogP contribution in [0.4, 0.5) is 0 Å². The van der Waals surface area contributed by atoms with Crippen LogP contribution >= 0.6 is 0 Å². The smallest absolute Gasteiger partial charge is 0.306 e. The summed E-state index contributed by atoms with van der Waals surface area (Å²) in [6, 6.07) is 0. The van der Waals surface area contributed by atoms with Gasteiger partial charge in [-0.05, 0) is 12.8 Å². The third-order valence-corrected chi connectivity index (χ3v) is 3.23. The predicted molar refractivity (Wildman–Crippen MR) is 48.9 cm³/mol. The number of carbonyl (C=O) groups is 1. The summed E-state index contributed by atoms with van der Waals surface area (Å²) in [7, 11) is 1.43. The standard InChI is InChI=1S/C10H16O4/c1-12-9(11)6-10(8-7-14-8)2-4-13-5-3-10/h8H,2-7H2,1H3. The van der Waals surface area contributed by atoms with Crippen LogP contribution in [0.25, 0.3) is 0 Å². The van der Waals surface area contributed by atoms with E-state index in [1.807, 2.05) is 0 Å². The van der Waals surface area contributed by atoms with E-state index < -0.39 is 0 Å². The summed E-state index contributed by atoms with van der Waals surface area (Å²) in [5.41, 5.74) is -0.00859. The Morgan fingerprint density at radius 2 is 2.14 bits per heavy atom. The molecule has 2 heterocycles. The van der Waals surface area contributed by atoms with Crippen molar-refractivity contribution in [2.45, 2.75) is 25.4 Å². The molecule has 2 rings (SSSR count). The van der Waals surface area contributed by atoms with Crippen LogP contribution in [0.15, 0.2) is 0 Å². The predicted octanol–water partition coefficient (Wildman–Crippen LogP) is 0.745. The van der Waals surface area contributed by atoms with Gasteiger partial charge in [-0.25, -0.2) is 0 Å². The maximum atomic E-state index is 11.3. The maximum Gasteiger partial charge on any atom is 0.306 e. The molecule has 2 saturated heterocycles. The van der Waals surface area contributed by atoms with Gasteiger partial charge in [-0.1, -0.05) is 0 Å². The Balaban J connectivity index is 2.01. The summed E-state index contributed by atoms with van der Waals surface area (Å²) < 4.78 is 15.4. The highest BCUT2D eigenvalue weighted by molar-refractivity contribution is 5.70. The minimum absolute atomic E-state index is 0.00859. The van der Waals surface area contributed by atoms with Gasteiger partial charge in [0, 0.05) is 18.6 Å². The molecule has 0 aromatic rings. The molecule has 1 unspecified atom stereocenters. The molecule has 4 nitrogen and oxygen atoms in total. The molecule has 2 aliphatic heterocycles. The Morgan fingerprint density at radius 1 is 1.50 bits per heavy atom. The van der Waals surface area contributed by atoms with Crippen molar-refractivity contribution >= 4 is 5.97 Å². The molecule has 0 aliphatic carbocycles. The average molecular weight is 200 g/mol. The molecule has 4 heteroatoms. The number of carbonyl (C=O) groups excluding carboxylic acids is 1. The second kappa shape index (κ2) is 3.87. The van der Waals surface area contributed by atoms with Crippen LogP contribution in [0.1, 0.15) is 19.3 Å². The van der Waals surface area contributed by atoms with E-state index in [1.165, 1.54) is 7.11 Å². The van der Waals surface area contributed by atoms with Gasteiger partial charge < -0.3 is 14.2 Å². The van der Waals surface area contributed by atoms with E-state index in [1.54, 1.807) is 0 Å². The first-order chi connectivity index (χ1) is 6.77. The Hall–Kier alpha value is -0.610.